The van der Waals surface area contributed by atoms with Crippen molar-refractivity contribution in [1.29, 1.82) is 0 Å². The molecule has 3 heterocycles. The number of hydrogen-bond donors (Lipinski definition) is 1. The molecule has 0 aliphatic carbocycles. The maximum absolute atomic E-state index is 4.60. The molecule has 1 aliphatic rings. The highest BCUT2D eigenvalue weighted by Crippen LogP contribution is 2.24. The Hall–Kier alpha value is -1.00. The molecule has 1 unspecified atom stereocenters. The van der Waals surface area contributed by atoms with Gasteiger partial charge in [0, 0.05) is 24.5 Å². The summed E-state index contributed by atoms with van der Waals surface area (Å²) < 4.78 is 2.19. The number of fused-ring (bicyclic) bond motifs is 1. The van der Waals surface area contributed by atoms with Gasteiger partial charge in [0.25, 0.3) is 0 Å². The summed E-state index contributed by atoms with van der Waals surface area (Å²) in [7, 11) is 0. The third-order valence-electron chi connectivity index (χ3n) is 3.77. The van der Waals surface area contributed by atoms with Crippen LogP contribution in [0.3, 0.4) is 0 Å². The lowest BCUT2D eigenvalue weighted by atomic mass is 10.2. The molecule has 102 valence electrons. The molecule has 3 nitrogen and oxygen atoms in total. The highest BCUT2D eigenvalue weighted by molar-refractivity contribution is 7.99. The van der Waals surface area contributed by atoms with Gasteiger partial charge >= 0.3 is 0 Å². The average molecular weight is 275 g/mol. The Morgan fingerprint density at radius 1 is 1.42 bits per heavy atom. The van der Waals surface area contributed by atoms with Crippen molar-refractivity contribution < 1.29 is 0 Å². The second kappa shape index (κ2) is 5.97. The van der Waals surface area contributed by atoms with Crippen molar-refractivity contribution >= 4 is 17.4 Å². The molecule has 0 amide bonds. The van der Waals surface area contributed by atoms with Crippen molar-refractivity contribution in [3.8, 4) is 0 Å². The molecule has 0 spiro atoms. The molecule has 4 heteroatoms. The number of nitrogens with one attached hydrogen (secondary N) is 1. The third kappa shape index (κ3) is 2.95. The lowest BCUT2D eigenvalue weighted by Gasteiger charge is -2.21. The van der Waals surface area contributed by atoms with Gasteiger partial charge in [0.15, 0.2) is 0 Å². The number of pyridine rings is 1. The maximum Gasteiger partial charge on any atom is 0.137 e. The second-order valence-electron chi connectivity index (χ2n) is 5.19. The lowest BCUT2D eigenvalue weighted by molar-refractivity contribution is 0.591. The van der Waals surface area contributed by atoms with Gasteiger partial charge in [-0.05, 0) is 37.7 Å². The fourth-order valence-corrected chi connectivity index (χ4v) is 3.97. The van der Waals surface area contributed by atoms with E-state index < -0.39 is 0 Å². The Labute approximate surface area is 118 Å². The summed E-state index contributed by atoms with van der Waals surface area (Å²) in [6, 6.07) is 6.17. The van der Waals surface area contributed by atoms with E-state index in [2.05, 4.69) is 51.7 Å². The standard InChI is InChI=1S/C15H21N3S/c1-12-14(18-8-4-2-7-15(18)17-12)11-16-10-13-6-3-5-9-19-13/h2,4,7-8,13,16H,3,5-6,9-11H2,1H3. The van der Waals surface area contributed by atoms with Crippen molar-refractivity contribution in [3.63, 3.8) is 0 Å². The molecule has 1 N–H and O–H groups in total. The van der Waals surface area contributed by atoms with E-state index in [0.717, 1.165) is 29.7 Å². The second-order valence-corrected chi connectivity index (χ2v) is 6.60. The fourth-order valence-electron chi connectivity index (χ4n) is 2.70. The van der Waals surface area contributed by atoms with Crippen LogP contribution in [0.2, 0.25) is 0 Å². The fraction of sp³-hybridized carbons (Fsp3) is 0.533. The van der Waals surface area contributed by atoms with Crippen LogP contribution in [0.25, 0.3) is 5.65 Å². The van der Waals surface area contributed by atoms with Gasteiger partial charge in [0.2, 0.25) is 0 Å². The molecule has 19 heavy (non-hydrogen) atoms. The first-order valence-electron chi connectivity index (χ1n) is 7.09. The highest BCUT2D eigenvalue weighted by Gasteiger charge is 2.14. The van der Waals surface area contributed by atoms with Gasteiger partial charge in [-0.1, -0.05) is 12.5 Å². The third-order valence-corrected chi connectivity index (χ3v) is 5.17. The lowest BCUT2D eigenvalue weighted by Crippen LogP contribution is -2.27. The summed E-state index contributed by atoms with van der Waals surface area (Å²) >= 11 is 2.12. The smallest absolute Gasteiger partial charge is 0.137 e. The number of nitrogens with zero attached hydrogens (tertiary/aromatic N) is 2. The first kappa shape index (κ1) is 13.0. The number of hydrogen-bond acceptors (Lipinski definition) is 3. The number of thioether (sulfide) groups is 1. The first-order chi connectivity index (χ1) is 9.34. The van der Waals surface area contributed by atoms with E-state index in [1.165, 1.54) is 30.7 Å². The van der Waals surface area contributed by atoms with Gasteiger partial charge in [-0.15, -0.1) is 0 Å². The Morgan fingerprint density at radius 2 is 2.37 bits per heavy atom. The summed E-state index contributed by atoms with van der Waals surface area (Å²) in [5.41, 5.74) is 3.47. The molecule has 0 bridgehead atoms. The van der Waals surface area contributed by atoms with Crippen molar-refractivity contribution in [2.24, 2.45) is 0 Å². The summed E-state index contributed by atoms with van der Waals surface area (Å²) in [6.07, 6.45) is 6.26. The Kier molecular flexibility index (Phi) is 4.09. The molecular weight excluding hydrogens is 254 g/mol. The molecule has 1 fully saturated rings. The Morgan fingerprint density at radius 3 is 3.21 bits per heavy atom. The molecule has 0 saturated carbocycles. The minimum atomic E-state index is 0.799. The van der Waals surface area contributed by atoms with Crippen LogP contribution in [0.4, 0.5) is 0 Å². The van der Waals surface area contributed by atoms with Crippen molar-refractivity contribution in [1.82, 2.24) is 14.7 Å². The van der Waals surface area contributed by atoms with Gasteiger partial charge in [-0.25, -0.2) is 4.98 Å². The molecule has 3 rings (SSSR count). The minimum Gasteiger partial charge on any atom is -0.310 e. The summed E-state index contributed by atoms with van der Waals surface area (Å²) in [6.45, 7) is 4.12. The molecular formula is C15H21N3S. The number of rotatable bonds is 4. The first-order valence-corrected chi connectivity index (χ1v) is 8.14. The maximum atomic E-state index is 4.60. The number of imidazole rings is 1. The SMILES string of the molecule is Cc1nc2ccccn2c1CNCC1CCCCS1. The molecule has 0 radical (unpaired) electrons. The topological polar surface area (TPSA) is 29.3 Å². The van der Waals surface area contributed by atoms with E-state index in [1.807, 2.05) is 6.07 Å². The molecule has 2 aromatic heterocycles. The molecule has 1 aliphatic heterocycles. The predicted molar refractivity (Wildman–Crippen MR) is 81.7 cm³/mol. The van der Waals surface area contributed by atoms with Crippen LogP contribution in [-0.4, -0.2) is 26.9 Å². The van der Waals surface area contributed by atoms with Gasteiger partial charge in [-0.3, -0.25) is 0 Å². The summed E-state index contributed by atoms with van der Waals surface area (Å²) in [5, 5.41) is 4.41. The van der Waals surface area contributed by atoms with Crippen LogP contribution < -0.4 is 5.32 Å². The predicted octanol–water partition coefficient (Wildman–Crippen LogP) is 3.02. The summed E-state index contributed by atoms with van der Waals surface area (Å²) in [4.78, 5) is 4.60. The van der Waals surface area contributed by atoms with Gasteiger partial charge in [0.1, 0.15) is 5.65 Å². The zero-order chi connectivity index (χ0) is 13.1. The van der Waals surface area contributed by atoms with E-state index in [0.29, 0.717) is 0 Å². The van der Waals surface area contributed by atoms with Crippen LogP contribution in [0.1, 0.15) is 30.7 Å². The number of aromatic nitrogens is 2. The zero-order valence-electron chi connectivity index (χ0n) is 11.4. The highest BCUT2D eigenvalue weighted by atomic mass is 32.2. The Bertz CT molecular complexity index is 543. The molecule has 1 atom stereocenters. The van der Waals surface area contributed by atoms with Gasteiger partial charge in [0.05, 0.1) is 11.4 Å². The van der Waals surface area contributed by atoms with Gasteiger partial charge in [-0.2, -0.15) is 11.8 Å². The van der Waals surface area contributed by atoms with Crippen LogP contribution in [0.15, 0.2) is 24.4 Å². The summed E-state index contributed by atoms with van der Waals surface area (Å²) in [5.74, 6) is 1.33. The van der Waals surface area contributed by atoms with Crippen LogP contribution in [-0.2, 0) is 6.54 Å². The van der Waals surface area contributed by atoms with E-state index in [9.17, 15) is 0 Å². The van der Waals surface area contributed by atoms with Crippen molar-refractivity contribution in [2.75, 3.05) is 12.3 Å². The van der Waals surface area contributed by atoms with Crippen LogP contribution >= 0.6 is 11.8 Å². The monoisotopic (exact) mass is 275 g/mol. The number of aryl methyl sites for hydroxylation is 1. The molecule has 2 aromatic rings. The normalized spacial score (nSPS) is 19.9. The molecule has 1 saturated heterocycles. The van der Waals surface area contributed by atoms with E-state index >= 15 is 0 Å². The minimum absolute atomic E-state index is 0.799. The van der Waals surface area contributed by atoms with Crippen LogP contribution in [0, 0.1) is 6.92 Å². The van der Waals surface area contributed by atoms with Crippen molar-refractivity contribution in [3.05, 3.63) is 35.8 Å². The van der Waals surface area contributed by atoms with E-state index in [1.54, 1.807) is 0 Å². The average Bonchev–Trinajstić information content (AvgIpc) is 2.76. The van der Waals surface area contributed by atoms with Gasteiger partial charge < -0.3 is 9.72 Å². The quantitative estimate of drug-likeness (QED) is 0.930. The van der Waals surface area contributed by atoms with Crippen LogP contribution in [0.5, 0.6) is 0 Å². The zero-order valence-corrected chi connectivity index (χ0v) is 12.2. The van der Waals surface area contributed by atoms with E-state index in [-0.39, 0.29) is 0 Å². The van der Waals surface area contributed by atoms with E-state index in [4.69, 9.17) is 0 Å². The van der Waals surface area contributed by atoms with Crippen molar-refractivity contribution in [2.45, 2.75) is 38.0 Å². The largest absolute Gasteiger partial charge is 0.310 e. The Balaban J connectivity index is 1.63. The molecule has 0 aromatic carbocycles.